The first kappa shape index (κ1) is 26.9. The molecule has 5 rings (SSSR count). The Morgan fingerprint density at radius 2 is 1.92 bits per heavy atom. The number of rotatable bonds is 5. The van der Waals surface area contributed by atoms with Gasteiger partial charge in [-0.2, -0.15) is 0 Å². The van der Waals surface area contributed by atoms with Gasteiger partial charge in [-0.1, -0.05) is 86.1 Å². The topological polar surface area (TPSA) is 42.4 Å². The molecule has 37 heavy (non-hydrogen) atoms. The molecule has 5 unspecified atom stereocenters. The molecular weight excluding hydrogens is 454 g/mol. The van der Waals surface area contributed by atoms with E-state index in [0.717, 1.165) is 49.8 Å². The number of pyridine rings is 1. The maximum Gasteiger partial charge on any atom is 0.111 e. The molecule has 0 saturated heterocycles. The van der Waals surface area contributed by atoms with Gasteiger partial charge in [0.25, 0.3) is 0 Å². The summed E-state index contributed by atoms with van der Waals surface area (Å²) in [5.74, 6) is 0.838. The Labute approximate surface area is 225 Å². The smallest absolute Gasteiger partial charge is 0.111 e. The van der Waals surface area contributed by atoms with Gasteiger partial charge in [0.1, 0.15) is 6.10 Å². The summed E-state index contributed by atoms with van der Waals surface area (Å²) >= 11 is 0. The van der Waals surface area contributed by atoms with E-state index in [0.29, 0.717) is 11.8 Å². The third kappa shape index (κ3) is 4.48. The molecule has 1 aromatic heterocycles. The van der Waals surface area contributed by atoms with Gasteiger partial charge in [0.05, 0.1) is 17.4 Å². The van der Waals surface area contributed by atoms with Crippen molar-refractivity contribution >= 4 is 0 Å². The first-order valence-electron chi connectivity index (χ1n) is 14.9. The maximum atomic E-state index is 11.7. The summed E-state index contributed by atoms with van der Waals surface area (Å²) in [6, 6.07) is 9.08. The molecule has 3 aliphatic rings. The van der Waals surface area contributed by atoms with E-state index < -0.39 is 6.10 Å². The van der Waals surface area contributed by atoms with Gasteiger partial charge >= 0.3 is 0 Å². The van der Waals surface area contributed by atoms with Crippen LogP contribution in [0.1, 0.15) is 158 Å². The number of aliphatic hydroxyl groups excluding tert-OH is 1. The van der Waals surface area contributed by atoms with Gasteiger partial charge in [0.15, 0.2) is 0 Å². The number of ether oxygens (including phenoxy) is 1. The van der Waals surface area contributed by atoms with Crippen molar-refractivity contribution in [2.75, 3.05) is 0 Å². The Balaban J connectivity index is 1.82. The summed E-state index contributed by atoms with van der Waals surface area (Å²) in [7, 11) is 0. The average molecular weight is 504 g/mol. The van der Waals surface area contributed by atoms with Crippen LogP contribution in [0.25, 0.3) is 0 Å². The van der Waals surface area contributed by atoms with Gasteiger partial charge in [-0.25, -0.2) is 0 Å². The standard InChI is InChI=1S/C34H49NO2/c1-9-13-22(10-2)30-28-29(27-25(35-30)19-33(7,8)20-26(27)36)34(17-12-14-21(34)3)37-31(28)23-15-11-16-24(18-23)32(4,5)6/h11,15-16,18,21-22,26,31,36H,9-10,12-14,17,19-20H2,1-8H3. The van der Waals surface area contributed by atoms with Crippen LogP contribution in [0.5, 0.6) is 0 Å². The lowest BCUT2D eigenvalue weighted by Crippen LogP contribution is -2.34. The third-order valence-corrected chi connectivity index (χ3v) is 9.67. The van der Waals surface area contributed by atoms with E-state index in [1.807, 2.05) is 0 Å². The van der Waals surface area contributed by atoms with Crippen LogP contribution in [0.2, 0.25) is 0 Å². The predicted molar refractivity (Wildman–Crippen MR) is 152 cm³/mol. The first-order chi connectivity index (χ1) is 17.4. The van der Waals surface area contributed by atoms with Gasteiger partial charge in [0.2, 0.25) is 0 Å². The molecule has 202 valence electrons. The zero-order valence-electron chi connectivity index (χ0n) is 24.6. The van der Waals surface area contributed by atoms with Crippen LogP contribution in [0, 0.1) is 11.3 Å². The van der Waals surface area contributed by atoms with Crippen molar-refractivity contribution in [1.29, 1.82) is 0 Å². The Morgan fingerprint density at radius 3 is 2.54 bits per heavy atom. The van der Waals surface area contributed by atoms with Crippen LogP contribution in [-0.2, 0) is 22.2 Å². The minimum absolute atomic E-state index is 0.0474. The van der Waals surface area contributed by atoms with Crippen molar-refractivity contribution < 1.29 is 9.84 Å². The van der Waals surface area contributed by atoms with Crippen molar-refractivity contribution in [3.8, 4) is 0 Å². The number of hydrogen-bond acceptors (Lipinski definition) is 3. The predicted octanol–water partition coefficient (Wildman–Crippen LogP) is 8.81. The van der Waals surface area contributed by atoms with Crippen LogP contribution in [0.15, 0.2) is 24.3 Å². The van der Waals surface area contributed by atoms with Crippen LogP contribution in [0.3, 0.4) is 0 Å². The van der Waals surface area contributed by atoms with E-state index in [1.165, 1.54) is 40.8 Å². The Morgan fingerprint density at radius 1 is 1.16 bits per heavy atom. The zero-order chi connectivity index (χ0) is 26.8. The molecule has 0 radical (unpaired) electrons. The quantitative estimate of drug-likeness (QED) is 0.443. The molecule has 2 aliphatic carbocycles. The van der Waals surface area contributed by atoms with E-state index in [9.17, 15) is 5.11 Å². The lowest BCUT2D eigenvalue weighted by atomic mass is 9.69. The van der Waals surface area contributed by atoms with Gasteiger partial charge in [0, 0.05) is 22.7 Å². The molecule has 1 saturated carbocycles. The maximum absolute atomic E-state index is 11.7. The number of aromatic nitrogens is 1. The average Bonchev–Trinajstić information content (AvgIpc) is 3.36. The van der Waals surface area contributed by atoms with E-state index in [1.54, 1.807) is 0 Å². The molecule has 1 aliphatic heterocycles. The minimum Gasteiger partial charge on any atom is -0.388 e. The fourth-order valence-electron chi connectivity index (χ4n) is 7.67. The van der Waals surface area contributed by atoms with Gasteiger partial charge < -0.3 is 9.84 Å². The monoisotopic (exact) mass is 503 g/mol. The number of fused-ring (bicyclic) bond motifs is 4. The summed E-state index contributed by atoms with van der Waals surface area (Å²) in [6.07, 6.45) is 7.86. The summed E-state index contributed by atoms with van der Waals surface area (Å²) in [4.78, 5) is 5.51. The summed E-state index contributed by atoms with van der Waals surface area (Å²) < 4.78 is 7.38. The first-order valence-corrected chi connectivity index (χ1v) is 14.9. The van der Waals surface area contributed by atoms with Gasteiger partial charge in [-0.15, -0.1) is 0 Å². The SMILES string of the molecule is CCCC(CC)c1nc2c(c3c1C(c1cccc(C(C)(C)C)c1)OC31CCCC1C)C(O)CC(C)(C)C2. The van der Waals surface area contributed by atoms with Crippen LogP contribution < -0.4 is 0 Å². The molecule has 1 N–H and O–H groups in total. The number of aliphatic hydroxyl groups is 1. The van der Waals surface area contributed by atoms with Crippen LogP contribution in [0.4, 0.5) is 0 Å². The van der Waals surface area contributed by atoms with Crippen molar-refractivity contribution in [1.82, 2.24) is 4.98 Å². The lowest BCUT2D eigenvalue weighted by molar-refractivity contribution is -0.0842. The number of benzene rings is 1. The van der Waals surface area contributed by atoms with Crippen LogP contribution in [-0.4, -0.2) is 10.1 Å². The van der Waals surface area contributed by atoms with Gasteiger partial charge in [-0.05, 0) is 78.4 Å². The summed E-state index contributed by atoms with van der Waals surface area (Å²) in [6.45, 7) is 18.4. The second-order valence-corrected chi connectivity index (χ2v) is 14.2. The molecule has 2 heterocycles. The molecule has 1 spiro atoms. The number of nitrogens with zero attached hydrogens (tertiary/aromatic N) is 1. The molecule has 5 atom stereocenters. The van der Waals surface area contributed by atoms with Crippen LogP contribution >= 0.6 is 0 Å². The van der Waals surface area contributed by atoms with Crippen molar-refractivity contribution in [3.05, 3.63) is 63.5 Å². The molecule has 1 fully saturated rings. The highest BCUT2D eigenvalue weighted by Crippen LogP contribution is 2.61. The minimum atomic E-state index is -0.478. The lowest BCUT2D eigenvalue weighted by Gasteiger charge is -2.39. The third-order valence-electron chi connectivity index (χ3n) is 9.67. The second kappa shape index (κ2) is 9.49. The second-order valence-electron chi connectivity index (χ2n) is 14.2. The highest BCUT2D eigenvalue weighted by atomic mass is 16.5. The van der Waals surface area contributed by atoms with Crippen molar-refractivity contribution in [3.63, 3.8) is 0 Å². The largest absolute Gasteiger partial charge is 0.388 e. The Bertz CT molecular complexity index is 1160. The van der Waals surface area contributed by atoms with Gasteiger partial charge in [-0.3, -0.25) is 4.98 Å². The zero-order valence-corrected chi connectivity index (χ0v) is 24.6. The highest BCUT2D eigenvalue weighted by molar-refractivity contribution is 5.55. The molecule has 2 aromatic rings. The molecule has 0 bridgehead atoms. The fourth-order valence-corrected chi connectivity index (χ4v) is 7.67. The van der Waals surface area contributed by atoms with E-state index in [-0.39, 0.29) is 22.5 Å². The van der Waals surface area contributed by atoms with Crippen molar-refractivity contribution in [2.45, 2.75) is 136 Å². The molecule has 3 nitrogen and oxygen atoms in total. The molecule has 3 heteroatoms. The Hall–Kier alpha value is -1.71. The summed E-state index contributed by atoms with van der Waals surface area (Å²) in [5.41, 5.74) is 8.52. The molecular formula is C34H49NO2. The van der Waals surface area contributed by atoms with Crippen molar-refractivity contribution in [2.24, 2.45) is 11.3 Å². The molecule has 1 aromatic carbocycles. The normalized spacial score (nSPS) is 29.4. The highest BCUT2D eigenvalue weighted by Gasteiger charge is 2.55. The molecule has 0 amide bonds. The van der Waals surface area contributed by atoms with E-state index in [4.69, 9.17) is 9.72 Å². The Kier molecular flexibility index (Phi) is 6.89. The van der Waals surface area contributed by atoms with E-state index >= 15 is 0 Å². The number of hydrogen-bond donors (Lipinski definition) is 1. The van der Waals surface area contributed by atoms with E-state index in [2.05, 4.69) is 79.7 Å². The fraction of sp³-hybridized carbons (Fsp3) is 0.676. The summed E-state index contributed by atoms with van der Waals surface area (Å²) in [5, 5.41) is 11.7.